The molecule has 0 bridgehead atoms. The maximum Gasteiger partial charge on any atom is 0.433 e. The lowest BCUT2D eigenvalue weighted by molar-refractivity contribution is -0.141. The van der Waals surface area contributed by atoms with E-state index >= 15 is 0 Å². The molecule has 0 aliphatic carbocycles. The van der Waals surface area contributed by atoms with Crippen LogP contribution in [0.25, 0.3) is 0 Å². The summed E-state index contributed by atoms with van der Waals surface area (Å²) in [6.45, 7) is 0. The van der Waals surface area contributed by atoms with E-state index in [0.717, 1.165) is 12.1 Å². The fourth-order valence-corrected chi connectivity index (χ4v) is 1.49. The third-order valence-electron chi connectivity index (χ3n) is 2.24. The molecule has 0 atom stereocenters. The molecule has 96 valence electrons. The molecule has 0 unspecified atom stereocenters. The highest BCUT2D eigenvalue weighted by atomic mass is 35.5. The van der Waals surface area contributed by atoms with Crippen LogP contribution in [0.4, 0.5) is 13.2 Å². The number of hydrogen-bond acceptors (Lipinski definition) is 1. The zero-order valence-corrected chi connectivity index (χ0v) is 10.3. The van der Waals surface area contributed by atoms with Gasteiger partial charge in [-0.3, -0.25) is 0 Å². The van der Waals surface area contributed by atoms with Gasteiger partial charge in [0.1, 0.15) is 11.4 Å². The van der Waals surface area contributed by atoms with E-state index < -0.39 is 11.9 Å². The quantitative estimate of drug-likeness (QED) is 0.661. The van der Waals surface area contributed by atoms with E-state index in [1.165, 1.54) is 0 Å². The van der Waals surface area contributed by atoms with Gasteiger partial charge in [0.15, 0.2) is 0 Å². The monoisotopic (exact) mass is 281 g/mol. The van der Waals surface area contributed by atoms with Crippen molar-refractivity contribution >= 4 is 11.6 Å². The average Bonchev–Trinajstić information content (AvgIpc) is 2.37. The molecular formula is C14H7ClF3N. The SMILES string of the molecule is FC(F)(F)c1ccc(Cl)c(C#Cc2ccccc2)n1. The zero-order valence-electron chi connectivity index (χ0n) is 9.50. The standard InChI is InChI=1S/C14H7ClF3N/c15-11-7-9-13(14(16,17)18)19-12(11)8-6-10-4-2-1-3-5-10/h1-5,7,9H. The Morgan fingerprint density at radius 3 is 2.26 bits per heavy atom. The summed E-state index contributed by atoms with van der Waals surface area (Å²) < 4.78 is 37.5. The van der Waals surface area contributed by atoms with Crippen molar-refractivity contribution in [3.63, 3.8) is 0 Å². The lowest BCUT2D eigenvalue weighted by Gasteiger charge is -2.05. The number of alkyl halides is 3. The van der Waals surface area contributed by atoms with Crippen LogP contribution in [-0.2, 0) is 6.18 Å². The van der Waals surface area contributed by atoms with Crippen LogP contribution in [0.15, 0.2) is 42.5 Å². The fraction of sp³-hybridized carbons (Fsp3) is 0.0714. The molecule has 0 aliphatic rings. The smallest absolute Gasteiger partial charge is 0.233 e. The Hall–Kier alpha value is -1.99. The molecule has 0 radical (unpaired) electrons. The number of rotatable bonds is 0. The van der Waals surface area contributed by atoms with Crippen molar-refractivity contribution in [2.75, 3.05) is 0 Å². The van der Waals surface area contributed by atoms with Crippen LogP contribution in [0.2, 0.25) is 5.02 Å². The number of benzene rings is 1. The molecule has 2 aromatic rings. The summed E-state index contributed by atoms with van der Waals surface area (Å²) in [7, 11) is 0. The van der Waals surface area contributed by atoms with Gasteiger partial charge in [0.05, 0.1) is 5.02 Å². The molecular weight excluding hydrogens is 275 g/mol. The molecule has 0 spiro atoms. The Labute approximate surface area is 113 Å². The van der Waals surface area contributed by atoms with Crippen molar-refractivity contribution in [1.29, 1.82) is 0 Å². The van der Waals surface area contributed by atoms with Crippen molar-refractivity contribution in [3.05, 3.63) is 64.4 Å². The largest absolute Gasteiger partial charge is 0.433 e. The molecule has 1 aromatic carbocycles. The average molecular weight is 282 g/mol. The highest BCUT2D eigenvalue weighted by Crippen LogP contribution is 2.29. The Balaban J connectivity index is 2.38. The van der Waals surface area contributed by atoms with E-state index in [1.807, 2.05) is 6.07 Å². The molecule has 19 heavy (non-hydrogen) atoms. The van der Waals surface area contributed by atoms with Crippen LogP contribution in [0.5, 0.6) is 0 Å². The lowest BCUT2D eigenvalue weighted by Crippen LogP contribution is -2.08. The van der Waals surface area contributed by atoms with Crippen molar-refractivity contribution in [2.24, 2.45) is 0 Å². The topological polar surface area (TPSA) is 12.9 Å². The second-order valence-electron chi connectivity index (χ2n) is 3.64. The van der Waals surface area contributed by atoms with E-state index in [2.05, 4.69) is 16.8 Å². The number of pyridine rings is 1. The molecule has 2 rings (SSSR count). The van der Waals surface area contributed by atoms with E-state index in [0.29, 0.717) is 5.56 Å². The summed E-state index contributed by atoms with van der Waals surface area (Å²) in [4.78, 5) is 3.43. The molecule has 0 aliphatic heterocycles. The minimum Gasteiger partial charge on any atom is -0.233 e. The van der Waals surface area contributed by atoms with Crippen LogP contribution in [0.1, 0.15) is 17.0 Å². The number of nitrogens with zero attached hydrogens (tertiary/aromatic N) is 1. The summed E-state index contributed by atoms with van der Waals surface area (Å²) in [6.07, 6.45) is -4.51. The molecule has 0 amide bonds. The molecule has 1 aromatic heterocycles. The first-order valence-corrected chi connectivity index (χ1v) is 5.65. The van der Waals surface area contributed by atoms with Gasteiger partial charge in [-0.1, -0.05) is 35.7 Å². The van der Waals surface area contributed by atoms with E-state index in [1.54, 1.807) is 24.3 Å². The maximum absolute atomic E-state index is 12.5. The van der Waals surface area contributed by atoms with Gasteiger partial charge in [-0.2, -0.15) is 13.2 Å². The normalized spacial score (nSPS) is 10.7. The summed E-state index contributed by atoms with van der Waals surface area (Å²) in [5.41, 5.74) is -0.410. The van der Waals surface area contributed by atoms with Gasteiger partial charge in [-0.15, -0.1) is 0 Å². The van der Waals surface area contributed by atoms with Crippen molar-refractivity contribution < 1.29 is 13.2 Å². The Kier molecular flexibility index (Phi) is 3.77. The Morgan fingerprint density at radius 2 is 1.63 bits per heavy atom. The molecule has 1 heterocycles. The van der Waals surface area contributed by atoms with Crippen molar-refractivity contribution in [1.82, 2.24) is 4.98 Å². The lowest BCUT2D eigenvalue weighted by atomic mass is 10.2. The second-order valence-corrected chi connectivity index (χ2v) is 4.05. The fourth-order valence-electron chi connectivity index (χ4n) is 1.34. The molecule has 5 heteroatoms. The predicted molar refractivity (Wildman–Crippen MR) is 66.7 cm³/mol. The predicted octanol–water partition coefficient (Wildman–Crippen LogP) is 4.15. The molecule has 1 nitrogen and oxygen atoms in total. The number of hydrogen-bond donors (Lipinski definition) is 0. The van der Waals surface area contributed by atoms with Gasteiger partial charge >= 0.3 is 6.18 Å². The molecule has 0 fully saturated rings. The maximum atomic E-state index is 12.5. The van der Waals surface area contributed by atoms with Crippen LogP contribution >= 0.6 is 11.6 Å². The minimum absolute atomic E-state index is 0.0830. The van der Waals surface area contributed by atoms with Crippen LogP contribution in [0.3, 0.4) is 0 Å². The Morgan fingerprint density at radius 1 is 0.947 bits per heavy atom. The third kappa shape index (κ3) is 3.49. The summed E-state index contributed by atoms with van der Waals surface area (Å²) >= 11 is 5.78. The van der Waals surface area contributed by atoms with Gasteiger partial charge < -0.3 is 0 Å². The first-order chi connectivity index (χ1) is 8.97. The molecule has 0 saturated heterocycles. The summed E-state index contributed by atoms with van der Waals surface area (Å²) in [5.74, 6) is 5.26. The highest BCUT2D eigenvalue weighted by molar-refractivity contribution is 6.31. The van der Waals surface area contributed by atoms with E-state index in [9.17, 15) is 13.2 Å². The highest BCUT2D eigenvalue weighted by Gasteiger charge is 2.32. The first kappa shape index (κ1) is 13.4. The van der Waals surface area contributed by atoms with E-state index in [4.69, 9.17) is 11.6 Å². The third-order valence-corrected chi connectivity index (χ3v) is 2.54. The van der Waals surface area contributed by atoms with Crippen LogP contribution in [0, 0.1) is 11.8 Å². The number of aromatic nitrogens is 1. The van der Waals surface area contributed by atoms with Crippen molar-refractivity contribution in [3.8, 4) is 11.8 Å². The second kappa shape index (κ2) is 5.33. The van der Waals surface area contributed by atoms with Gasteiger partial charge in [0, 0.05) is 5.56 Å². The first-order valence-electron chi connectivity index (χ1n) is 5.27. The zero-order chi connectivity index (χ0) is 13.9. The van der Waals surface area contributed by atoms with Gasteiger partial charge in [-0.05, 0) is 30.2 Å². The number of halogens is 4. The molecule has 0 saturated carbocycles. The van der Waals surface area contributed by atoms with Gasteiger partial charge in [0.2, 0.25) is 0 Å². The van der Waals surface area contributed by atoms with Gasteiger partial charge in [-0.25, -0.2) is 4.98 Å². The van der Waals surface area contributed by atoms with E-state index in [-0.39, 0.29) is 10.7 Å². The minimum atomic E-state index is -4.51. The summed E-state index contributed by atoms with van der Waals surface area (Å²) in [5, 5.41) is 0.0939. The van der Waals surface area contributed by atoms with Crippen LogP contribution in [-0.4, -0.2) is 4.98 Å². The summed E-state index contributed by atoms with van der Waals surface area (Å²) in [6, 6.07) is 10.8. The van der Waals surface area contributed by atoms with Crippen molar-refractivity contribution in [2.45, 2.75) is 6.18 Å². The molecule has 0 N–H and O–H groups in total. The van der Waals surface area contributed by atoms with Gasteiger partial charge in [0.25, 0.3) is 0 Å². The van der Waals surface area contributed by atoms with Crippen LogP contribution < -0.4 is 0 Å². The Bertz CT molecular complexity index is 639.